The Kier molecular flexibility index (Phi) is 10.3. The molecule has 192 valence electrons. The van der Waals surface area contributed by atoms with Gasteiger partial charge in [-0.3, -0.25) is 9.10 Å². The molecule has 6 nitrogen and oxygen atoms in total. The zero-order valence-corrected chi connectivity index (χ0v) is 23.9. The number of rotatable bonds is 12. The molecular formula is C27H31BrN2O4S2. The molecule has 36 heavy (non-hydrogen) atoms. The van der Waals surface area contributed by atoms with E-state index in [1.807, 2.05) is 30.8 Å². The summed E-state index contributed by atoms with van der Waals surface area (Å²) in [4.78, 5) is 12.8. The van der Waals surface area contributed by atoms with E-state index >= 15 is 0 Å². The standard InChI is InChI=1S/C27H31BrN2O4S2/c1-20-8-10-23(11-9-20)30(36(32,33)24-12-13-26(34-3)25(28)17-24)18-27(31)29-14-5-15-35-19-22-7-4-6-21(2)16-22/h4,6-13,16-17H,5,14-15,18-19H2,1-3H3,(H,29,31). The minimum Gasteiger partial charge on any atom is -0.496 e. The van der Waals surface area contributed by atoms with E-state index in [0.29, 0.717) is 22.5 Å². The summed E-state index contributed by atoms with van der Waals surface area (Å²) < 4.78 is 34.0. The van der Waals surface area contributed by atoms with Gasteiger partial charge in [0.1, 0.15) is 12.3 Å². The number of ether oxygens (including phenoxy) is 1. The van der Waals surface area contributed by atoms with Crippen LogP contribution >= 0.6 is 27.7 Å². The van der Waals surface area contributed by atoms with E-state index in [0.717, 1.165) is 27.8 Å². The molecule has 0 bridgehead atoms. The van der Waals surface area contributed by atoms with Crippen molar-refractivity contribution in [2.24, 2.45) is 0 Å². The maximum Gasteiger partial charge on any atom is 0.264 e. The number of carbonyl (C=O) groups is 1. The number of nitrogens with one attached hydrogen (secondary N) is 1. The van der Waals surface area contributed by atoms with Crippen molar-refractivity contribution in [3.8, 4) is 5.75 Å². The molecule has 0 aliphatic rings. The number of thioether (sulfide) groups is 1. The van der Waals surface area contributed by atoms with Crippen molar-refractivity contribution in [3.63, 3.8) is 0 Å². The summed E-state index contributed by atoms with van der Waals surface area (Å²) in [6.45, 7) is 4.17. The minimum absolute atomic E-state index is 0.0658. The predicted octanol–water partition coefficient (Wildman–Crippen LogP) is 5.71. The lowest BCUT2D eigenvalue weighted by Gasteiger charge is -2.24. The molecule has 0 radical (unpaired) electrons. The summed E-state index contributed by atoms with van der Waals surface area (Å²) in [6.07, 6.45) is 0.797. The molecule has 0 saturated carbocycles. The predicted molar refractivity (Wildman–Crippen MR) is 151 cm³/mol. The second-order valence-electron chi connectivity index (χ2n) is 8.39. The summed E-state index contributed by atoms with van der Waals surface area (Å²) in [5.74, 6) is 1.99. The first-order chi connectivity index (χ1) is 17.2. The van der Waals surface area contributed by atoms with Crippen LogP contribution < -0.4 is 14.4 Å². The highest BCUT2D eigenvalue weighted by molar-refractivity contribution is 9.10. The molecule has 0 atom stereocenters. The van der Waals surface area contributed by atoms with E-state index in [1.165, 1.54) is 30.4 Å². The van der Waals surface area contributed by atoms with Gasteiger partial charge >= 0.3 is 0 Å². The van der Waals surface area contributed by atoms with E-state index in [4.69, 9.17) is 4.74 Å². The number of benzene rings is 3. The number of amides is 1. The van der Waals surface area contributed by atoms with Crippen LogP contribution in [0.25, 0.3) is 0 Å². The van der Waals surface area contributed by atoms with Crippen LogP contribution in [0.4, 0.5) is 5.69 Å². The molecule has 1 N–H and O–H groups in total. The van der Waals surface area contributed by atoms with Crippen molar-refractivity contribution in [1.82, 2.24) is 5.32 Å². The van der Waals surface area contributed by atoms with Gasteiger partial charge in [0, 0.05) is 12.3 Å². The van der Waals surface area contributed by atoms with Crippen LogP contribution in [0.5, 0.6) is 5.75 Å². The highest BCUT2D eigenvalue weighted by atomic mass is 79.9. The Hall–Kier alpha value is -2.49. The lowest BCUT2D eigenvalue weighted by molar-refractivity contribution is -0.119. The molecular weight excluding hydrogens is 560 g/mol. The van der Waals surface area contributed by atoms with Gasteiger partial charge in [-0.15, -0.1) is 0 Å². The van der Waals surface area contributed by atoms with E-state index in [9.17, 15) is 13.2 Å². The van der Waals surface area contributed by atoms with Crippen molar-refractivity contribution in [2.45, 2.75) is 30.9 Å². The maximum absolute atomic E-state index is 13.6. The van der Waals surface area contributed by atoms with Gasteiger partial charge in [-0.2, -0.15) is 11.8 Å². The van der Waals surface area contributed by atoms with Crippen LogP contribution in [0, 0.1) is 13.8 Å². The highest BCUT2D eigenvalue weighted by Crippen LogP contribution is 2.30. The fourth-order valence-corrected chi connectivity index (χ4v) is 6.59. The second kappa shape index (κ2) is 13.2. The van der Waals surface area contributed by atoms with Crippen LogP contribution in [0.3, 0.4) is 0 Å². The summed E-state index contributed by atoms with van der Waals surface area (Å²) in [5.41, 5.74) is 3.95. The third-order valence-corrected chi connectivity index (χ3v) is 8.96. The number of methoxy groups -OCH3 is 1. The minimum atomic E-state index is -4.00. The molecule has 9 heteroatoms. The number of hydrogen-bond donors (Lipinski definition) is 1. The fourth-order valence-electron chi connectivity index (χ4n) is 3.54. The zero-order chi connectivity index (χ0) is 26.1. The smallest absolute Gasteiger partial charge is 0.264 e. The first-order valence-corrected chi connectivity index (χ1v) is 14.9. The molecule has 0 heterocycles. The number of aryl methyl sites for hydroxylation is 2. The molecule has 0 aliphatic heterocycles. The molecule has 1 amide bonds. The Morgan fingerprint density at radius 1 is 1.03 bits per heavy atom. The highest BCUT2D eigenvalue weighted by Gasteiger charge is 2.28. The van der Waals surface area contributed by atoms with Crippen molar-refractivity contribution in [3.05, 3.63) is 87.9 Å². The van der Waals surface area contributed by atoms with Crippen molar-refractivity contribution >= 4 is 49.3 Å². The van der Waals surface area contributed by atoms with Crippen LogP contribution in [-0.4, -0.2) is 40.3 Å². The van der Waals surface area contributed by atoms with Crippen LogP contribution in [0.15, 0.2) is 76.1 Å². The second-order valence-corrected chi connectivity index (χ2v) is 12.2. The molecule has 0 unspecified atom stereocenters. The lowest BCUT2D eigenvalue weighted by atomic mass is 10.2. The van der Waals surface area contributed by atoms with Crippen LogP contribution in [0.1, 0.15) is 23.1 Å². The van der Waals surface area contributed by atoms with E-state index < -0.39 is 10.0 Å². The summed E-state index contributed by atoms with van der Waals surface area (Å²) in [5, 5.41) is 2.87. The monoisotopic (exact) mass is 590 g/mol. The van der Waals surface area contributed by atoms with Crippen molar-refractivity contribution in [2.75, 3.05) is 30.3 Å². The number of carbonyl (C=O) groups excluding carboxylic acids is 1. The van der Waals surface area contributed by atoms with Crippen molar-refractivity contribution < 1.29 is 17.9 Å². The van der Waals surface area contributed by atoms with Gasteiger partial charge in [0.2, 0.25) is 5.91 Å². The topological polar surface area (TPSA) is 75.7 Å². The first kappa shape index (κ1) is 28.1. The SMILES string of the molecule is COc1ccc(S(=O)(=O)N(CC(=O)NCCCSCc2cccc(C)c2)c2ccc(C)cc2)cc1Br. The third kappa shape index (κ3) is 7.75. The van der Waals surface area contributed by atoms with Gasteiger partial charge in [-0.25, -0.2) is 8.42 Å². The van der Waals surface area contributed by atoms with E-state index in [-0.39, 0.29) is 17.3 Å². The Balaban J connectivity index is 1.63. The van der Waals surface area contributed by atoms with Gasteiger partial charge < -0.3 is 10.1 Å². The largest absolute Gasteiger partial charge is 0.496 e. The number of hydrogen-bond acceptors (Lipinski definition) is 5. The molecule has 3 rings (SSSR count). The third-order valence-electron chi connectivity index (χ3n) is 5.46. The first-order valence-electron chi connectivity index (χ1n) is 11.5. The average molecular weight is 592 g/mol. The Bertz CT molecular complexity index is 1280. The van der Waals surface area contributed by atoms with Gasteiger partial charge in [0.25, 0.3) is 10.0 Å². The van der Waals surface area contributed by atoms with Gasteiger partial charge in [-0.05, 0) is 77.8 Å². The van der Waals surface area contributed by atoms with Gasteiger partial charge in [-0.1, -0.05) is 47.5 Å². The number of anilines is 1. The molecule has 3 aromatic carbocycles. The lowest BCUT2D eigenvalue weighted by Crippen LogP contribution is -2.41. The normalized spacial score (nSPS) is 11.2. The molecule has 0 aromatic heterocycles. The molecule has 0 fully saturated rings. The average Bonchev–Trinajstić information content (AvgIpc) is 2.85. The maximum atomic E-state index is 13.6. The number of nitrogens with zero attached hydrogens (tertiary/aromatic N) is 1. The van der Waals surface area contributed by atoms with E-state index in [1.54, 1.807) is 18.2 Å². The molecule has 3 aromatic rings. The summed E-state index contributed by atoms with van der Waals surface area (Å²) >= 11 is 5.16. The Morgan fingerprint density at radius 2 is 1.78 bits per heavy atom. The van der Waals surface area contributed by atoms with E-state index in [2.05, 4.69) is 52.4 Å². The number of halogens is 1. The zero-order valence-electron chi connectivity index (χ0n) is 20.7. The fraction of sp³-hybridized carbons (Fsp3) is 0.296. The van der Waals surface area contributed by atoms with Crippen LogP contribution in [0.2, 0.25) is 0 Å². The summed E-state index contributed by atoms with van der Waals surface area (Å²) in [7, 11) is -2.49. The molecule has 0 aliphatic carbocycles. The van der Waals surface area contributed by atoms with Crippen molar-refractivity contribution in [1.29, 1.82) is 0 Å². The Labute approximate surface area is 226 Å². The summed E-state index contributed by atoms with van der Waals surface area (Å²) in [6, 6.07) is 20.0. The quantitative estimate of drug-likeness (QED) is 0.273. The Morgan fingerprint density at radius 3 is 2.44 bits per heavy atom. The van der Waals surface area contributed by atoms with Crippen LogP contribution in [-0.2, 0) is 20.6 Å². The van der Waals surface area contributed by atoms with Gasteiger partial charge in [0.05, 0.1) is 22.2 Å². The molecule has 0 saturated heterocycles. The van der Waals surface area contributed by atoms with Gasteiger partial charge in [0.15, 0.2) is 0 Å². The number of sulfonamides is 1. The molecule has 0 spiro atoms.